The number of nitrogens with zero attached hydrogens (tertiary/aromatic N) is 2. The first kappa shape index (κ1) is 25.4. The lowest BCUT2D eigenvalue weighted by atomic mass is 9.91. The lowest BCUT2D eigenvalue weighted by Crippen LogP contribution is -2.34. The van der Waals surface area contributed by atoms with Crippen LogP contribution in [0, 0.1) is 5.92 Å². The average molecular weight is 415 g/mol. The number of carboxylic acids is 2. The summed E-state index contributed by atoms with van der Waals surface area (Å²) in [5.74, 6) is -2.15. The standard InChI is InChI=1S/C21H38N2O6/c1-2-3-4-5-6-7-8-9-10-19(29-23-13-12-22-17-23)18(15-20(24)25)11-14-28-16-21(26)27/h17-19H,2-16H2,1H3,(H,24,25)(H,26,27). The predicted octanol–water partition coefficient (Wildman–Crippen LogP) is 3.74. The van der Waals surface area contributed by atoms with Crippen LogP contribution in [0.1, 0.15) is 77.6 Å². The van der Waals surface area contributed by atoms with Crippen molar-refractivity contribution in [2.24, 2.45) is 10.9 Å². The fourth-order valence-corrected chi connectivity index (χ4v) is 3.51. The number of unbranched alkanes of at least 4 members (excludes halogenated alkanes) is 7. The molecule has 1 aliphatic rings. The molecule has 0 aromatic rings. The zero-order chi connectivity index (χ0) is 21.3. The molecule has 2 atom stereocenters. The maximum absolute atomic E-state index is 11.4. The number of hydroxylamine groups is 2. The van der Waals surface area contributed by atoms with Crippen molar-refractivity contribution in [3.8, 4) is 0 Å². The maximum atomic E-state index is 11.4. The van der Waals surface area contributed by atoms with Crippen LogP contribution in [0.5, 0.6) is 0 Å². The monoisotopic (exact) mass is 414 g/mol. The summed E-state index contributed by atoms with van der Waals surface area (Å²) in [5.41, 5.74) is 0. The molecular formula is C21H38N2O6. The number of ether oxygens (including phenoxy) is 1. The van der Waals surface area contributed by atoms with Gasteiger partial charge < -0.3 is 14.9 Å². The van der Waals surface area contributed by atoms with Crippen LogP contribution in [0.25, 0.3) is 0 Å². The molecule has 1 heterocycles. The fourth-order valence-electron chi connectivity index (χ4n) is 3.51. The lowest BCUT2D eigenvalue weighted by molar-refractivity contribution is -0.167. The molecule has 168 valence electrons. The van der Waals surface area contributed by atoms with Crippen molar-refractivity contribution in [2.45, 2.75) is 83.7 Å². The van der Waals surface area contributed by atoms with Gasteiger partial charge in [-0.3, -0.25) is 14.6 Å². The highest BCUT2D eigenvalue weighted by molar-refractivity contribution is 5.68. The van der Waals surface area contributed by atoms with Crippen LogP contribution in [-0.2, 0) is 19.2 Å². The van der Waals surface area contributed by atoms with Gasteiger partial charge >= 0.3 is 11.9 Å². The van der Waals surface area contributed by atoms with Crippen molar-refractivity contribution in [3.63, 3.8) is 0 Å². The molecule has 8 nitrogen and oxygen atoms in total. The number of aliphatic imine (C=N–C) groups is 1. The zero-order valence-electron chi connectivity index (χ0n) is 17.8. The first-order valence-corrected chi connectivity index (χ1v) is 11.0. The minimum atomic E-state index is -1.03. The third kappa shape index (κ3) is 13.2. The van der Waals surface area contributed by atoms with E-state index in [1.807, 2.05) is 0 Å². The van der Waals surface area contributed by atoms with E-state index in [-0.39, 0.29) is 31.7 Å². The minimum absolute atomic E-state index is 0.0247. The summed E-state index contributed by atoms with van der Waals surface area (Å²) in [4.78, 5) is 32.2. The Balaban J connectivity index is 2.49. The summed E-state index contributed by atoms with van der Waals surface area (Å²) < 4.78 is 5.13. The molecule has 2 unspecified atom stereocenters. The van der Waals surface area contributed by atoms with E-state index >= 15 is 0 Å². The molecule has 1 aliphatic heterocycles. The van der Waals surface area contributed by atoms with Gasteiger partial charge in [0.05, 0.1) is 25.6 Å². The maximum Gasteiger partial charge on any atom is 0.329 e. The third-order valence-corrected chi connectivity index (χ3v) is 5.09. The molecule has 0 radical (unpaired) electrons. The van der Waals surface area contributed by atoms with E-state index < -0.39 is 11.9 Å². The summed E-state index contributed by atoms with van der Waals surface area (Å²) >= 11 is 0. The second-order valence-electron chi connectivity index (χ2n) is 7.66. The Kier molecular flexibility index (Phi) is 14.1. The first-order chi connectivity index (χ1) is 14.0. The molecule has 0 aromatic heterocycles. The summed E-state index contributed by atoms with van der Waals surface area (Å²) in [6, 6.07) is 0. The van der Waals surface area contributed by atoms with E-state index in [0.717, 1.165) is 19.3 Å². The van der Waals surface area contributed by atoms with Gasteiger partial charge in [-0.05, 0) is 12.8 Å². The quantitative estimate of drug-likeness (QED) is 0.310. The van der Waals surface area contributed by atoms with Crippen LogP contribution >= 0.6 is 0 Å². The van der Waals surface area contributed by atoms with Crippen molar-refractivity contribution < 1.29 is 29.4 Å². The highest BCUT2D eigenvalue weighted by atomic mass is 16.7. The molecule has 29 heavy (non-hydrogen) atoms. The van der Waals surface area contributed by atoms with Crippen LogP contribution in [0.4, 0.5) is 0 Å². The number of hydrogen-bond donors (Lipinski definition) is 2. The Morgan fingerprint density at radius 2 is 1.72 bits per heavy atom. The molecule has 0 saturated heterocycles. The Bertz CT molecular complexity index is 486. The SMILES string of the molecule is CCCCCCCCCCC(ON1C=NCC1)C(CCOCC(=O)O)CC(=O)O. The van der Waals surface area contributed by atoms with Crippen LogP contribution in [0.3, 0.4) is 0 Å². The molecule has 0 fully saturated rings. The topological polar surface area (TPSA) is 109 Å². The second-order valence-corrected chi connectivity index (χ2v) is 7.66. The van der Waals surface area contributed by atoms with Gasteiger partial charge in [0.1, 0.15) is 12.9 Å². The van der Waals surface area contributed by atoms with Crippen molar-refractivity contribution in [1.29, 1.82) is 0 Å². The second kappa shape index (κ2) is 16.2. The molecule has 1 rings (SSSR count). The van der Waals surface area contributed by atoms with E-state index in [1.54, 1.807) is 11.4 Å². The van der Waals surface area contributed by atoms with Gasteiger partial charge in [0.2, 0.25) is 0 Å². The Morgan fingerprint density at radius 3 is 2.31 bits per heavy atom. The van der Waals surface area contributed by atoms with Crippen molar-refractivity contribution in [1.82, 2.24) is 5.06 Å². The van der Waals surface area contributed by atoms with Crippen molar-refractivity contribution >= 4 is 18.3 Å². The van der Waals surface area contributed by atoms with Crippen LogP contribution in [0.2, 0.25) is 0 Å². The van der Waals surface area contributed by atoms with Gasteiger partial charge in [0, 0.05) is 12.5 Å². The van der Waals surface area contributed by atoms with Gasteiger partial charge in [-0.15, -0.1) is 0 Å². The van der Waals surface area contributed by atoms with E-state index in [0.29, 0.717) is 19.5 Å². The molecule has 0 saturated carbocycles. The highest BCUT2D eigenvalue weighted by Gasteiger charge is 2.27. The molecule has 0 aliphatic carbocycles. The molecule has 2 N–H and O–H groups in total. The zero-order valence-corrected chi connectivity index (χ0v) is 17.8. The lowest BCUT2D eigenvalue weighted by Gasteiger charge is -2.29. The van der Waals surface area contributed by atoms with Crippen LogP contribution in [0.15, 0.2) is 4.99 Å². The summed E-state index contributed by atoms with van der Waals surface area (Å²) in [6.07, 6.45) is 12.3. The van der Waals surface area contributed by atoms with E-state index in [2.05, 4.69) is 11.9 Å². The van der Waals surface area contributed by atoms with Crippen LogP contribution in [-0.4, -0.2) is 66.0 Å². The average Bonchev–Trinajstić information content (AvgIpc) is 3.18. The number of carbonyl (C=O) groups is 2. The van der Waals surface area contributed by atoms with Gasteiger partial charge in [0.15, 0.2) is 0 Å². The number of carboxylic acid groups (broad SMARTS) is 2. The molecule has 0 spiro atoms. The van der Waals surface area contributed by atoms with Gasteiger partial charge in [0.25, 0.3) is 0 Å². The summed E-state index contributed by atoms with van der Waals surface area (Å²) in [7, 11) is 0. The van der Waals surface area contributed by atoms with E-state index in [4.69, 9.17) is 14.7 Å². The normalized spacial score (nSPS) is 15.6. The fraction of sp³-hybridized carbons (Fsp3) is 0.857. The summed E-state index contributed by atoms with van der Waals surface area (Å²) in [6.45, 7) is 3.39. The van der Waals surface area contributed by atoms with Gasteiger partial charge in [-0.25, -0.2) is 9.86 Å². The summed E-state index contributed by atoms with van der Waals surface area (Å²) in [5, 5.41) is 19.7. The molecular weight excluding hydrogens is 376 g/mol. The van der Waals surface area contributed by atoms with Gasteiger partial charge in [-0.2, -0.15) is 0 Å². The Morgan fingerprint density at radius 1 is 1.03 bits per heavy atom. The molecule has 0 aromatic carbocycles. The smallest absolute Gasteiger partial charge is 0.329 e. The van der Waals surface area contributed by atoms with E-state index in [1.165, 1.54) is 38.5 Å². The minimum Gasteiger partial charge on any atom is -0.481 e. The van der Waals surface area contributed by atoms with Crippen molar-refractivity contribution in [3.05, 3.63) is 0 Å². The molecule has 0 amide bonds. The number of hydrogen-bond acceptors (Lipinski definition) is 6. The third-order valence-electron chi connectivity index (χ3n) is 5.09. The van der Waals surface area contributed by atoms with Gasteiger partial charge in [-0.1, -0.05) is 58.3 Å². The first-order valence-electron chi connectivity index (χ1n) is 11.0. The van der Waals surface area contributed by atoms with Crippen molar-refractivity contribution in [2.75, 3.05) is 26.3 Å². The Labute approximate surface area is 174 Å². The van der Waals surface area contributed by atoms with Crippen LogP contribution < -0.4 is 0 Å². The largest absolute Gasteiger partial charge is 0.481 e. The molecule has 0 bridgehead atoms. The predicted molar refractivity (Wildman–Crippen MR) is 111 cm³/mol. The Hall–Kier alpha value is -1.67. The number of aliphatic carboxylic acids is 2. The highest BCUT2D eigenvalue weighted by Crippen LogP contribution is 2.24. The van der Waals surface area contributed by atoms with E-state index in [9.17, 15) is 14.7 Å². The molecule has 8 heteroatoms. The number of rotatable bonds is 19.